The molecule has 0 radical (unpaired) electrons. The van der Waals surface area contributed by atoms with Crippen LogP contribution in [-0.4, -0.2) is 11.7 Å². The predicted molar refractivity (Wildman–Crippen MR) is 80.4 cm³/mol. The molecule has 0 aliphatic carbocycles. The summed E-state index contributed by atoms with van der Waals surface area (Å²) in [5, 5.41) is 6.19. The Labute approximate surface area is 130 Å². The summed E-state index contributed by atoms with van der Waals surface area (Å²) in [6.45, 7) is 1.87. The van der Waals surface area contributed by atoms with Crippen LogP contribution in [0, 0.1) is 6.92 Å². The monoisotopic (exact) mass is 319 g/mol. The number of nitrogens with zero attached hydrogens (tertiary/aromatic N) is 1. The molecule has 23 heavy (non-hydrogen) atoms. The van der Waals surface area contributed by atoms with Crippen molar-refractivity contribution in [1.29, 1.82) is 0 Å². The molecule has 0 saturated carbocycles. The Hall–Kier alpha value is -2.83. The minimum Gasteiger partial charge on any atom is -0.305 e. The lowest BCUT2D eigenvalue weighted by Gasteiger charge is -2.16. The van der Waals surface area contributed by atoms with Gasteiger partial charge in [0.25, 0.3) is 0 Å². The van der Waals surface area contributed by atoms with E-state index in [4.69, 9.17) is 0 Å². The lowest BCUT2D eigenvalue weighted by Crippen LogP contribution is -2.24. The summed E-state index contributed by atoms with van der Waals surface area (Å²) in [5.74, 6) is 0. The van der Waals surface area contributed by atoms with E-state index in [1.165, 1.54) is 12.1 Å². The summed E-state index contributed by atoms with van der Waals surface area (Å²) in [7, 11) is 0. The van der Waals surface area contributed by atoms with Crippen molar-refractivity contribution in [3.05, 3.63) is 64.7 Å². The Balaban J connectivity index is 2.24. The maximum Gasteiger partial charge on any atom is 0.418 e. The van der Waals surface area contributed by atoms with E-state index in [-0.39, 0.29) is 17.0 Å². The first-order chi connectivity index (χ1) is 10.9. The second-order valence-corrected chi connectivity index (χ2v) is 5.12. The van der Waals surface area contributed by atoms with Crippen molar-refractivity contribution < 1.29 is 18.0 Å². The number of anilines is 1. The van der Waals surface area contributed by atoms with Gasteiger partial charge < -0.3 is 5.32 Å². The second kappa shape index (κ2) is 5.42. The van der Waals surface area contributed by atoms with Gasteiger partial charge in [-0.1, -0.05) is 35.9 Å². The first-order valence-corrected chi connectivity index (χ1v) is 6.78. The molecule has 2 aromatic rings. The molecule has 7 heteroatoms. The molecule has 118 valence electrons. The zero-order valence-electron chi connectivity index (χ0n) is 12.0. The Morgan fingerprint density at radius 1 is 1.09 bits per heavy atom. The number of hydrogen-bond acceptors (Lipinski definition) is 2. The fourth-order valence-corrected chi connectivity index (χ4v) is 2.44. The molecule has 1 aliphatic rings. The standard InChI is InChI=1S/C16H12F3N3O/c1-9-4-2-5-10(8-9)13-11-6-3-7-12(16(17,18)19)14(11)20-15(23)22-21-13/h2-8H,1H3,(H2,20,22,23). The van der Waals surface area contributed by atoms with Crippen LogP contribution in [0.25, 0.3) is 0 Å². The third kappa shape index (κ3) is 2.90. The molecule has 0 aromatic heterocycles. The number of carbonyl (C=O) groups excluding carboxylic acids is 1. The number of carbonyl (C=O) groups is 1. The Morgan fingerprint density at radius 3 is 2.52 bits per heavy atom. The highest BCUT2D eigenvalue weighted by molar-refractivity contribution is 6.18. The Morgan fingerprint density at radius 2 is 1.83 bits per heavy atom. The number of rotatable bonds is 1. The topological polar surface area (TPSA) is 53.5 Å². The third-order valence-electron chi connectivity index (χ3n) is 3.42. The number of halogens is 3. The van der Waals surface area contributed by atoms with Gasteiger partial charge in [0, 0.05) is 11.1 Å². The largest absolute Gasteiger partial charge is 0.418 e. The maximum absolute atomic E-state index is 13.2. The van der Waals surface area contributed by atoms with E-state index < -0.39 is 17.8 Å². The van der Waals surface area contributed by atoms with Crippen LogP contribution >= 0.6 is 0 Å². The van der Waals surface area contributed by atoms with Crippen LogP contribution in [0.4, 0.5) is 23.7 Å². The Bertz CT molecular complexity index is 812. The van der Waals surface area contributed by atoms with E-state index in [2.05, 4.69) is 15.8 Å². The molecule has 3 rings (SSSR count). The second-order valence-electron chi connectivity index (χ2n) is 5.12. The van der Waals surface area contributed by atoms with Gasteiger partial charge in [-0.2, -0.15) is 18.3 Å². The summed E-state index contributed by atoms with van der Waals surface area (Å²) in [6, 6.07) is 10.1. The van der Waals surface area contributed by atoms with Gasteiger partial charge in [-0.3, -0.25) is 0 Å². The maximum atomic E-state index is 13.2. The minimum atomic E-state index is -4.58. The zero-order chi connectivity index (χ0) is 16.6. The smallest absolute Gasteiger partial charge is 0.305 e. The quantitative estimate of drug-likeness (QED) is 0.823. The molecule has 2 N–H and O–H groups in total. The van der Waals surface area contributed by atoms with Gasteiger partial charge in [-0.05, 0) is 19.1 Å². The molecular formula is C16H12F3N3O. The average molecular weight is 319 g/mol. The van der Waals surface area contributed by atoms with E-state index in [9.17, 15) is 18.0 Å². The highest BCUT2D eigenvalue weighted by Gasteiger charge is 2.36. The molecule has 0 unspecified atom stereocenters. The third-order valence-corrected chi connectivity index (χ3v) is 3.42. The highest BCUT2D eigenvalue weighted by atomic mass is 19.4. The number of aryl methyl sites for hydroxylation is 1. The van der Waals surface area contributed by atoms with E-state index in [1.54, 1.807) is 18.2 Å². The molecule has 2 aromatic carbocycles. The van der Waals surface area contributed by atoms with Crippen molar-refractivity contribution in [3.8, 4) is 0 Å². The molecule has 1 aliphatic heterocycles. The van der Waals surface area contributed by atoms with Gasteiger partial charge in [0.2, 0.25) is 0 Å². The van der Waals surface area contributed by atoms with Crippen molar-refractivity contribution in [3.63, 3.8) is 0 Å². The number of hydrogen-bond donors (Lipinski definition) is 2. The number of benzene rings is 2. The Kier molecular flexibility index (Phi) is 3.55. The SMILES string of the molecule is Cc1cccc(C2=NNC(=O)Nc3c2cccc3C(F)(F)F)c1. The van der Waals surface area contributed by atoms with Crippen LogP contribution in [0.1, 0.15) is 22.3 Å². The van der Waals surface area contributed by atoms with Crippen LogP contribution in [0.2, 0.25) is 0 Å². The summed E-state index contributed by atoms with van der Waals surface area (Å²) in [6.07, 6.45) is -4.58. The van der Waals surface area contributed by atoms with Crippen LogP contribution in [-0.2, 0) is 6.18 Å². The van der Waals surface area contributed by atoms with Gasteiger partial charge in [-0.25, -0.2) is 10.2 Å². The van der Waals surface area contributed by atoms with Gasteiger partial charge in [0.15, 0.2) is 0 Å². The van der Waals surface area contributed by atoms with Crippen LogP contribution < -0.4 is 10.7 Å². The van der Waals surface area contributed by atoms with Crippen LogP contribution in [0.15, 0.2) is 47.6 Å². The number of hydrazone groups is 1. The van der Waals surface area contributed by atoms with Gasteiger partial charge in [-0.15, -0.1) is 0 Å². The number of urea groups is 1. The fourth-order valence-electron chi connectivity index (χ4n) is 2.44. The van der Waals surface area contributed by atoms with Crippen molar-refractivity contribution in [2.45, 2.75) is 13.1 Å². The van der Waals surface area contributed by atoms with Crippen molar-refractivity contribution in [1.82, 2.24) is 5.43 Å². The summed E-state index contributed by atoms with van der Waals surface area (Å²) < 4.78 is 39.7. The summed E-state index contributed by atoms with van der Waals surface area (Å²) in [5.41, 5.74) is 3.04. The predicted octanol–water partition coefficient (Wildman–Crippen LogP) is 3.90. The number of para-hydroxylation sites is 1. The molecule has 2 amide bonds. The number of amides is 2. The molecule has 0 spiro atoms. The van der Waals surface area contributed by atoms with Crippen molar-refractivity contribution >= 4 is 17.4 Å². The van der Waals surface area contributed by atoms with E-state index in [0.717, 1.165) is 11.6 Å². The van der Waals surface area contributed by atoms with Crippen LogP contribution in [0.3, 0.4) is 0 Å². The molecule has 0 bridgehead atoms. The normalized spacial score (nSPS) is 14.3. The minimum absolute atomic E-state index is 0.212. The van der Waals surface area contributed by atoms with E-state index in [0.29, 0.717) is 5.56 Å². The molecule has 0 saturated heterocycles. The number of nitrogens with one attached hydrogen (secondary N) is 2. The molecule has 4 nitrogen and oxygen atoms in total. The highest BCUT2D eigenvalue weighted by Crippen LogP contribution is 2.38. The molecule has 0 fully saturated rings. The van der Waals surface area contributed by atoms with Gasteiger partial charge in [0.05, 0.1) is 11.3 Å². The van der Waals surface area contributed by atoms with E-state index in [1.807, 2.05) is 13.0 Å². The van der Waals surface area contributed by atoms with Crippen molar-refractivity contribution in [2.24, 2.45) is 5.10 Å². The molecule has 1 heterocycles. The molecular weight excluding hydrogens is 307 g/mol. The van der Waals surface area contributed by atoms with E-state index >= 15 is 0 Å². The van der Waals surface area contributed by atoms with Gasteiger partial charge >= 0.3 is 12.2 Å². The van der Waals surface area contributed by atoms with Crippen molar-refractivity contribution in [2.75, 3.05) is 5.32 Å². The lowest BCUT2D eigenvalue weighted by molar-refractivity contribution is -0.136. The van der Waals surface area contributed by atoms with Gasteiger partial charge in [0.1, 0.15) is 5.71 Å². The lowest BCUT2D eigenvalue weighted by atomic mass is 9.97. The zero-order valence-corrected chi connectivity index (χ0v) is 12.0. The first-order valence-electron chi connectivity index (χ1n) is 6.78. The molecule has 0 atom stereocenters. The average Bonchev–Trinajstić information content (AvgIpc) is 2.64. The first kappa shape index (κ1) is 15.1. The summed E-state index contributed by atoms with van der Waals surface area (Å²) >= 11 is 0. The van der Waals surface area contributed by atoms with Crippen LogP contribution in [0.5, 0.6) is 0 Å². The fraction of sp³-hybridized carbons (Fsp3) is 0.125. The number of alkyl halides is 3. The number of fused-ring (bicyclic) bond motifs is 1. The summed E-state index contributed by atoms with van der Waals surface area (Å²) in [4.78, 5) is 11.7.